The molecule has 1 heterocycles. The van der Waals surface area contributed by atoms with Crippen molar-refractivity contribution in [3.63, 3.8) is 0 Å². The first-order chi connectivity index (χ1) is 10.6. The Bertz CT molecular complexity index is 602. The smallest absolute Gasteiger partial charge is 0.230 e. The minimum atomic E-state index is -0.287. The van der Waals surface area contributed by atoms with Crippen molar-refractivity contribution < 1.29 is 9.18 Å². The lowest BCUT2D eigenvalue weighted by molar-refractivity contribution is -0.118. The third kappa shape index (κ3) is 4.83. The minimum Gasteiger partial charge on any atom is -0.353 e. The van der Waals surface area contributed by atoms with Gasteiger partial charge in [0.25, 0.3) is 0 Å². The van der Waals surface area contributed by atoms with Gasteiger partial charge in [-0.1, -0.05) is 18.2 Å². The van der Waals surface area contributed by atoms with Gasteiger partial charge in [0.2, 0.25) is 5.91 Å². The van der Waals surface area contributed by atoms with Gasteiger partial charge in [-0.2, -0.15) is 0 Å². The van der Waals surface area contributed by atoms with E-state index in [0.29, 0.717) is 11.4 Å². The summed E-state index contributed by atoms with van der Waals surface area (Å²) >= 11 is 2.89. The first-order valence-electron chi connectivity index (χ1n) is 6.92. The first-order valence-corrected chi connectivity index (χ1v) is 8.78. The molecule has 118 valence electrons. The Morgan fingerprint density at radius 2 is 2.09 bits per heavy atom. The molecular weight excluding hydrogens is 319 g/mol. The van der Waals surface area contributed by atoms with E-state index in [4.69, 9.17) is 0 Å². The molecule has 1 atom stereocenters. The van der Waals surface area contributed by atoms with E-state index in [1.807, 2.05) is 25.5 Å². The number of thiophene rings is 1. The van der Waals surface area contributed by atoms with Crippen LogP contribution in [0.2, 0.25) is 0 Å². The van der Waals surface area contributed by atoms with E-state index in [0.717, 1.165) is 0 Å². The Morgan fingerprint density at radius 1 is 1.32 bits per heavy atom. The van der Waals surface area contributed by atoms with E-state index in [1.54, 1.807) is 29.5 Å². The number of hydrogen-bond acceptors (Lipinski definition) is 4. The lowest BCUT2D eigenvalue weighted by Crippen LogP contribution is -2.35. The molecule has 0 fully saturated rings. The van der Waals surface area contributed by atoms with Crippen LogP contribution >= 0.6 is 23.1 Å². The molecular formula is C16H19FN2OS2. The zero-order valence-corrected chi connectivity index (χ0v) is 14.2. The van der Waals surface area contributed by atoms with Crippen LogP contribution < -0.4 is 5.32 Å². The molecule has 0 aliphatic rings. The Morgan fingerprint density at radius 3 is 2.73 bits per heavy atom. The molecule has 0 saturated heterocycles. The Labute approximate surface area is 138 Å². The van der Waals surface area contributed by atoms with E-state index in [9.17, 15) is 9.18 Å². The van der Waals surface area contributed by atoms with Gasteiger partial charge in [0.05, 0.1) is 11.8 Å². The van der Waals surface area contributed by atoms with Gasteiger partial charge < -0.3 is 10.2 Å². The average Bonchev–Trinajstić information content (AvgIpc) is 3.00. The third-order valence-electron chi connectivity index (χ3n) is 3.18. The lowest BCUT2D eigenvalue weighted by Gasteiger charge is -2.23. The fraction of sp³-hybridized carbons (Fsp3) is 0.312. The van der Waals surface area contributed by atoms with Crippen molar-refractivity contribution in [2.24, 2.45) is 0 Å². The maximum absolute atomic E-state index is 13.5. The number of halogens is 1. The second-order valence-electron chi connectivity index (χ2n) is 5.02. The number of carbonyl (C=O) groups excluding carboxylic acids is 1. The zero-order valence-electron chi connectivity index (χ0n) is 12.6. The number of nitrogens with zero attached hydrogens (tertiary/aromatic N) is 1. The monoisotopic (exact) mass is 338 g/mol. The van der Waals surface area contributed by atoms with Crippen LogP contribution in [0.15, 0.2) is 46.7 Å². The van der Waals surface area contributed by atoms with Crippen LogP contribution in [0.1, 0.15) is 10.9 Å². The molecule has 0 saturated carbocycles. The van der Waals surface area contributed by atoms with Gasteiger partial charge in [-0.3, -0.25) is 4.79 Å². The van der Waals surface area contributed by atoms with Crippen LogP contribution in [0, 0.1) is 5.82 Å². The van der Waals surface area contributed by atoms with Crippen LogP contribution in [-0.4, -0.2) is 37.2 Å². The quantitative estimate of drug-likeness (QED) is 0.786. The summed E-state index contributed by atoms with van der Waals surface area (Å²) in [5.41, 5.74) is 0. The number of rotatable bonds is 7. The van der Waals surface area contributed by atoms with Crippen LogP contribution in [0.3, 0.4) is 0 Å². The molecule has 3 nitrogen and oxygen atoms in total. The van der Waals surface area contributed by atoms with E-state index < -0.39 is 0 Å². The molecule has 1 N–H and O–H groups in total. The summed E-state index contributed by atoms with van der Waals surface area (Å²) < 4.78 is 13.5. The Kier molecular flexibility index (Phi) is 6.42. The largest absolute Gasteiger partial charge is 0.353 e. The Hall–Kier alpha value is -1.37. The SMILES string of the molecule is CN(C)C(CNC(=O)CSc1ccccc1F)c1cccs1. The molecule has 1 aromatic carbocycles. The summed E-state index contributed by atoms with van der Waals surface area (Å²) in [6, 6.07) is 10.7. The number of carbonyl (C=O) groups is 1. The summed E-state index contributed by atoms with van der Waals surface area (Å²) in [7, 11) is 3.98. The second kappa shape index (κ2) is 8.31. The van der Waals surface area contributed by atoms with Gasteiger partial charge in [0.1, 0.15) is 5.82 Å². The van der Waals surface area contributed by atoms with Gasteiger partial charge in [-0.15, -0.1) is 23.1 Å². The highest BCUT2D eigenvalue weighted by molar-refractivity contribution is 8.00. The second-order valence-corrected chi connectivity index (χ2v) is 7.01. The van der Waals surface area contributed by atoms with E-state index in [1.165, 1.54) is 22.7 Å². The molecule has 0 bridgehead atoms. The number of nitrogens with one attached hydrogen (secondary N) is 1. The molecule has 2 rings (SSSR count). The summed E-state index contributed by atoms with van der Waals surface area (Å²) in [5, 5.41) is 4.95. The Balaban J connectivity index is 1.83. The highest BCUT2D eigenvalue weighted by Crippen LogP contribution is 2.23. The standard InChI is InChI=1S/C16H19FN2OS2/c1-19(2)13(15-8-5-9-21-15)10-18-16(20)11-22-14-7-4-3-6-12(14)17/h3-9,13H,10-11H2,1-2H3,(H,18,20). The molecule has 6 heteroatoms. The van der Waals surface area contributed by atoms with E-state index >= 15 is 0 Å². The highest BCUT2D eigenvalue weighted by Gasteiger charge is 2.16. The van der Waals surface area contributed by atoms with Crippen molar-refractivity contribution >= 4 is 29.0 Å². The molecule has 0 radical (unpaired) electrons. The summed E-state index contributed by atoms with van der Waals surface area (Å²) in [6.45, 7) is 0.546. The van der Waals surface area contributed by atoms with Gasteiger partial charge in [0, 0.05) is 16.3 Å². The van der Waals surface area contributed by atoms with Crippen LogP contribution in [0.4, 0.5) is 4.39 Å². The fourth-order valence-corrected chi connectivity index (χ4v) is 3.68. The van der Waals surface area contributed by atoms with Crippen molar-refractivity contribution in [3.05, 3.63) is 52.5 Å². The maximum Gasteiger partial charge on any atom is 0.230 e. The molecule has 1 aromatic heterocycles. The lowest BCUT2D eigenvalue weighted by atomic mass is 10.2. The molecule has 0 spiro atoms. The van der Waals surface area contributed by atoms with Crippen LogP contribution in [0.5, 0.6) is 0 Å². The predicted octanol–water partition coefficient (Wildman–Crippen LogP) is 3.40. The zero-order chi connectivity index (χ0) is 15.9. The third-order valence-corrected chi connectivity index (χ3v) is 5.21. The van der Waals surface area contributed by atoms with Gasteiger partial charge in [-0.25, -0.2) is 4.39 Å². The topological polar surface area (TPSA) is 32.3 Å². The first kappa shape index (κ1) is 17.0. The molecule has 22 heavy (non-hydrogen) atoms. The molecule has 1 unspecified atom stereocenters. The van der Waals surface area contributed by atoms with E-state index in [2.05, 4.69) is 16.3 Å². The highest BCUT2D eigenvalue weighted by atomic mass is 32.2. The van der Waals surface area contributed by atoms with Crippen LogP contribution in [-0.2, 0) is 4.79 Å². The van der Waals surface area contributed by atoms with Crippen molar-refractivity contribution in [3.8, 4) is 0 Å². The van der Waals surface area contributed by atoms with Gasteiger partial charge >= 0.3 is 0 Å². The predicted molar refractivity (Wildman–Crippen MR) is 90.9 cm³/mol. The summed E-state index contributed by atoms with van der Waals surface area (Å²) in [4.78, 5) is 15.7. The van der Waals surface area contributed by atoms with Crippen LogP contribution in [0.25, 0.3) is 0 Å². The molecule has 2 aromatic rings. The molecule has 0 aliphatic carbocycles. The maximum atomic E-state index is 13.5. The van der Waals surface area contributed by atoms with E-state index in [-0.39, 0.29) is 23.5 Å². The van der Waals surface area contributed by atoms with Gasteiger partial charge in [-0.05, 0) is 37.7 Å². The van der Waals surface area contributed by atoms with Crippen molar-refractivity contribution in [1.29, 1.82) is 0 Å². The number of benzene rings is 1. The summed E-state index contributed by atoms with van der Waals surface area (Å²) in [6.07, 6.45) is 0. The van der Waals surface area contributed by atoms with Gasteiger partial charge in [0.15, 0.2) is 0 Å². The van der Waals surface area contributed by atoms with Crippen molar-refractivity contribution in [2.45, 2.75) is 10.9 Å². The van der Waals surface area contributed by atoms with Crippen molar-refractivity contribution in [2.75, 3.05) is 26.4 Å². The number of thioether (sulfide) groups is 1. The van der Waals surface area contributed by atoms with Crippen molar-refractivity contribution in [1.82, 2.24) is 10.2 Å². The number of amides is 1. The summed E-state index contributed by atoms with van der Waals surface area (Å²) in [5.74, 6) is -0.160. The molecule has 0 aliphatic heterocycles. The fourth-order valence-electron chi connectivity index (χ4n) is 1.99. The number of likely N-dealkylation sites (N-methyl/N-ethyl adjacent to an activating group) is 1. The normalized spacial score (nSPS) is 12.4. The molecule has 1 amide bonds. The average molecular weight is 338 g/mol. The number of hydrogen-bond donors (Lipinski definition) is 1. The minimum absolute atomic E-state index is 0.0864.